The van der Waals surface area contributed by atoms with E-state index in [1.165, 1.54) is 39.0 Å². The number of nitrogens with zero attached hydrogens (tertiary/aromatic N) is 4. The van der Waals surface area contributed by atoms with Crippen LogP contribution in [0.3, 0.4) is 0 Å². The molecule has 4 atom stereocenters. The molecule has 4 unspecified atom stereocenters. The summed E-state index contributed by atoms with van der Waals surface area (Å²) in [6.07, 6.45) is 9.82. The third-order valence-corrected chi connectivity index (χ3v) is 6.99. The number of ether oxygens (including phenoxy) is 1. The number of aliphatic imine (C=N–C) groups is 2. The second-order valence-corrected chi connectivity index (χ2v) is 9.08. The van der Waals surface area contributed by atoms with Gasteiger partial charge in [0.25, 0.3) is 0 Å². The SMILES string of the molecule is CCN1CCCC1C[N+]1(CC2CCC(Nc3ccc(OC)c(F)c3)C2)C=NC=NC1. The van der Waals surface area contributed by atoms with Crippen LogP contribution >= 0.6 is 0 Å². The molecule has 30 heavy (non-hydrogen) atoms. The van der Waals surface area contributed by atoms with E-state index in [4.69, 9.17) is 4.74 Å². The Labute approximate surface area is 179 Å². The van der Waals surface area contributed by atoms with Crippen LogP contribution in [0.2, 0.25) is 0 Å². The van der Waals surface area contributed by atoms with Gasteiger partial charge in [-0.2, -0.15) is 4.99 Å². The molecule has 2 fully saturated rings. The highest BCUT2D eigenvalue weighted by atomic mass is 19.1. The van der Waals surface area contributed by atoms with E-state index < -0.39 is 0 Å². The number of anilines is 1. The van der Waals surface area contributed by atoms with E-state index in [1.807, 2.05) is 6.07 Å². The Balaban J connectivity index is 1.37. The third kappa shape index (κ3) is 4.83. The highest BCUT2D eigenvalue weighted by molar-refractivity contribution is 5.69. The van der Waals surface area contributed by atoms with Crippen molar-refractivity contribution in [2.75, 3.05) is 45.3 Å². The first kappa shape index (κ1) is 21.2. The Bertz CT molecular complexity index is 785. The summed E-state index contributed by atoms with van der Waals surface area (Å²) in [5, 5.41) is 3.53. The highest BCUT2D eigenvalue weighted by Crippen LogP contribution is 2.32. The van der Waals surface area contributed by atoms with E-state index in [1.54, 1.807) is 12.4 Å². The molecule has 0 aromatic heterocycles. The van der Waals surface area contributed by atoms with Crippen LogP contribution in [-0.4, -0.2) is 74.1 Å². The third-order valence-electron chi connectivity index (χ3n) is 6.99. The number of benzene rings is 1. The largest absolute Gasteiger partial charge is 0.494 e. The summed E-state index contributed by atoms with van der Waals surface area (Å²) in [5.74, 6) is 0.595. The fraction of sp³-hybridized carbons (Fsp3) is 0.652. The topological polar surface area (TPSA) is 49.2 Å². The van der Waals surface area contributed by atoms with Crippen molar-refractivity contribution in [2.24, 2.45) is 15.9 Å². The Morgan fingerprint density at radius 1 is 1.27 bits per heavy atom. The van der Waals surface area contributed by atoms with Crippen LogP contribution < -0.4 is 10.1 Å². The van der Waals surface area contributed by atoms with Crippen LogP contribution in [-0.2, 0) is 0 Å². The normalized spacial score (nSPS) is 31.4. The molecule has 0 spiro atoms. The van der Waals surface area contributed by atoms with Gasteiger partial charge in [-0.3, -0.25) is 9.38 Å². The van der Waals surface area contributed by atoms with Crippen LogP contribution in [0.15, 0.2) is 28.2 Å². The van der Waals surface area contributed by atoms with Crippen molar-refractivity contribution in [3.63, 3.8) is 0 Å². The molecule has 2 aliphatic heterocycles. The quantitative estimate of drug-likeness (QED) is 0.657. The van der Waals surface area contributed by atoms with E-state index >= 15 is 0 Å². The molecule has 3 aliphatic rings. The van der Waals surface area contributed by atoms with Gasteiger partial charge in [0.05, 0.1) is 19.7 Å². The minimum atomic E-state index is -0.319. The number of rotatable bonds is 8. The summed E-state index contributed by atoms with van der Waals surface area (Å²) in [6.45, 7) is 7.60. The number of likely N-dealkylation sites (tertiary alicyclic amines) is 1. The van der Waals surface area contributed by atoms with Crippen molar-refractivity contribution >= 4 is 18.4 Å². The van der Waals surface area contributed by atoms with E-state index in [9.17, 15) is 4.39 Å². The van der Waals surface area contributed by atoms with Crippen LogP contribution in [0, 0.1) is 11.7 Å². The van der Waals surface area contributed by atoms with Crippen LogP contribution in [0.1, 0.15) is 39.0 Å². The number of methoxy groups -OCH3 is 1. The van der Waals surface area contributed by atoms with Crippen LogP contribution in [0.4, 0.5) is 10.1 Å². The molecule has 7 heteroatoms. The number of hydrogen-bond acceptors (Lipinski definition) is 5. The smallest absolute Gasteiger partial charge is 0.192 e. The lowest BCUT2D eigenvalue weighted by Gasteiger charge is -2.39. The van der Waals surface area contributed by atoms with Crippen molar-refractivity contribution in [2.45, 2.75) is 51.1 Å². The predicted octanol–water partition coefficient (Wildman–Crippen LogP) is 3.74. The van der Waals surface area contributed by atoms with Gasteiger partial charge in [0, 0.05) is 23.7 Å². The summed E-state index contributed by atoms with van der Waals surface area (Å²) < 4.78 is 19.9. The van der Waals surface area contributed by atoms with Gasteiger partial charge in [-0.25, -0.2) is 9.38 Å². The first-order valence-corrected chi connectivity index (χ1v) is 11.3. The van der Waals surface area contributed by atoms with Gasteiger partial charge in [0.2, 0.25) is 0 Å². The molecule has 1 aliphatic carbocycles. The Morgan fingerprint density at radius 3 is 2.90 bits per heavy atom. The van der Waals surface area contributed by atoms with E-state index in [-0.39, 0.29) is 11.6 Å². The van der Waals surface area contributed by atoms with Crippen molar-refractivity contribution in [1.82, 2.24) is 4.90 Å². The maximum atomic E-state index is 14.0. The zero-order valence-electron chi connectivity index (χ0n) is 18.3. The van der Waals surface area contributed by atoms with Crippen LogP contribution in [0.25, 0.3) is 0 Å². The molecule has 164 valence electrons. The number of likely N-dealkylation sites (N-methyl/N-ethyl adjacent to an activating group) is 1. The number of halogens is 1. The second kappa shape index (κ2) is 9.43. The highest BCUT2D eigenvalue weighted by Gasteiger charge is 2.39. The molecular formula is C23H35FN5O+. The number of hydrogen-bond donors (Lipinski definition) is 1. The summed E-state index contributed by atoms with van der Waals surface area (Å²) in [7, 11) is 1.49. The maximum absolute atomic E-state index is 14.0. The van der Waals surface area contributed by atoms with Gasteiger partial charge in [0.15, 0.2) is 24.6 Å². The molecule has 4 rings (SSSR count). The molecule has 0 radical (unpaired) electrons. The fourth-order valence-electron chi connectivity index (χ4n) is 5.55. The average Bonchev–Trinajstić information content (AvgIpc) is 3.37. The molecule has 6 nitrogen and oxygen atoms in total. The monoisotopic (exact) mass is 416 g/mol. The van der Waals surface area contributed by atoms with Crippen molar-refractivity contribution in [3.8, 4) is 5.75 Å². The lowest BCUT2D eigenvalue weighted by Crippen LogP contribution is -2.56. The van der Waals surface area contributed by atoms with Crippen molar-refractivity contribution < 1.29 is 13.6 Å². The van der Waals surface area contributed by atoms with E-state index in [0.717, 1.165) is 49.3 Å². The van der Waals surface area contributed by atoms with Gasteiger partial charge in [0.1, 0.15) is 12.9 Å². The summed E-state index contributed by atoms with van der Waals surface area (Å²) in [4.78, 5) is 11.6. The average molecular weight is 417 g/mol. The van der Waals surface area contributed by atoms with Crippen molar-refractivity contribution in [1.29, 1.82) is 0 Å². The lowest BCUT2D eigenvalue weighted by atomic mass is 10.0. The Hall–Kier alpha value is -1.99. The molecule has 0 bridgehead atoms. The zero-order chi connectivity index (χ0) is 21.0. The summed E-state index contributed by atoms with van der Waals surface area (Å²) in [5.41, 5.74) is 0.830. The van der Waals surface area contributed by atoms with Gasteiger partial charge in [-0.05, 0) is 57.3 Å². The minimum Gasteiger partial charge on any atom is -0.494 e. The fourth-order valence-corrected chi connectivity index (χ4v) is 5.55. The van der Waals surface area contributed by atoms with Gasteiger partial charge >= 0.3 is 0 Å². The lowest BCUT2D eigenvalue weighted by molar-refractivity contribution is -0.841. The first-order valence-electron chi connectivity index (χ1n) is 11.3. The molecule has 1 saturated carbocycles. The number of nitrogens with one attached hydrogen (secondary N) is 1. The molecule has 2 heterocycles. The van der Waals surface area contributed by atoms with Crippen LogP contribution in [0.5, 0.6) is 5.75 Å². The van der Waals surface area contributed by atoms with Gasteiger partial charge in [-0.1, -0.05) is 6.92 Å². The van der Waals surface area contributed by atoms with E-state index in [2.05, 4.69) is 33.5 Å². The van der Waals surface area contributed by atoms with Crippen molar-refractivity contribution in [3.05, 3.63) is 24.0 Å². The van der Waals surface area contributed by atoms with Gasteiger partial charge < -0.3 is 10.1 Å². The van der Waals surface area contributed by atoms with Gasteiger partial charge in [-0.15, -0.1) is 0 Å². The number of quaternary nitrogens is 1. The predicted molar refractivity (Wildman–Crippen MR) is 120 cm³/mol. The molecule has 0 amide bonds. The zero-order valence-corrected chi connectivity index (χ0v) is 18.3. The second-order valence-electron chi connectivity index (χ2n) is 9.08. The molecule has 1 aromatic rings. The first-order chi connectivity index (χ1) is 14.6. The minimum absolute atomic E-state index is 0.286. The molecule has 1 saturated heterocycles. The standard InChI is InChI=1S/C23H35FN5O/c1-3-28-10-4-5-21(28)14-29(16-25-15-26-17-29)13-18-6-7-19(11-18)27-20-8-9-23(30-2)22(24)12-20/h8-9,12,15-16,18-19,21,27H,3-7,10-11,13-14,17H2,1-2H3/q+1. The molecule has 1 aromatic carbocycles. The Kier molecular flexibility index (Phi) is 6.68. The molecule has 1 N–H and O–H groups in total. The summed E-state index contributed by atoms with van der Waals surface area (Å²) >= 11 is 0. The molecular weight excluding hydrogens is 381 g/mol. The summed E-state index contributed by atoms with van der Waals surface area (Å²) in [6, 6.07) is 6.13. The Morgan fingerprint density at radius 2 is 2.17 bits per heavy atom. The maximum Gasteiger partial charge on any atom is 0.192 e. The van der Waals surface area contributed by atoms with E-state index in [0.29, 0.717) is 18.0 Å².